The minimum atomic E-state index is -0.696. The van der Waals surface area contributed by atoms with Crippen LogP contribution in [0.4, 0.5) is 9.59 Å². The van der Waals surface area contributed by atoms with Crippen LogP contribution in [0.3, 0.4) is 0 Å². The molecule has 2 aromatic carbocycles. The van der Waals surface area contributed by atoms with Crippen molar-refractivity contribution in [3.8, 4) is 22.4 Å². The first-order valence-electron chi connectivity index (χ1n) is 19.6. The van der Waals surface area contributed by atoms with Crippen LogP contribution in [0, 0.1) is 23.7 Å². The Morgan fingerprint density at radius 1 is 0.714 bits per heavy atom. The van der Waals surface area contributed by atoms with Crippen LogP contribution in [0.1, 0.15) is 78.2 Å². The number of rotatable bonds is 11. The molecule has 4 heterocycles. The smallest absolute Gasteiger partial charge is 0.407 e. The predicted octanol–water partition coefficient (Wildman–Crippen LogP) is 6.84. The van der Waals surface area contributed by atoms with Gasteiger partial charge in [-0.1, -0.05) is 90.1 Å². The maximum Gasteiger partial charge on any atom is 0.407 e. The number of carbonyl (C=O) groups is 4. The minimum Gasteiger partial charge on any atom is -0.453 e. The molecule has 2 fully saturated rings. The molecule has 0 radical (unpaired) electrons. The molecule has 56 heavy (non-hydrogen) atoms. The monoisotopic (exact) mass is 765 g/mol. The summed E-state index contributed by atoms with van der Waals surface area (Å²) in [6.45, 7) is 13.1. The van der Waals surface area contributed by atoms with Crippen LogP contribution in [0.2, 0.25) is 0 Å². The lowest BCUT2D eigenvalue weighted by Crippen LogP contribution is -2.54. The van der Waals surface area contributed by atoms with Gasteiger partial charge in [-0.05, 0) is 64.3 Å². The number of amides is 4. The van der Waals surface area contributed by atoms with Crippen molar-refractivity contribution in [1.29, 1.82) is 0 Å². The summed E-state index contributed by atoms with van der Waals surface area (Å²) in [6, 6.07) is 15.0. The highest BCUT2D eigenvalue weighted by Crippen LogP contribution is 2.38. The number of alkyl carbamates (subject to hydrolysis) is 2. The highest BCUT2D eigenvalue weighted by atomic mass is 16.5. The number of aliphatic imine (C=N–C) groups is 1. The lowest BCUT2D eigenvalue weighted by molar-refractivity contribution is -0.136. The van der Waals surface area contributed by atoms with E-state index in [1.54, 1.807) is 0 Å². The molecular formula is C43H55N7O6. The SMILES string of the molecule is COC(=O)N[C@H](C(=O)N1CC[C@H](C)C1c1ncc(-c2ccc(-c3ccc(C4=CN=C([C@@H]5[C@@H](C)CCN5C(=O)[C@@H](NC(=O)OC)C(C)C)C4)cc3)cc2)[nH]1)C(C)C. The Morgan fingerprint density at radius 3 is 1.68 bits per heavy atom. The van der Waals surface area contributed by atoms with Gasteiger partial charge in [-0.25, -0.2) is 14.6 Å². The molecule has 1 unspecified atom stereocenters. The van der Waals surface area contributed by atoms with Crippen molar-refractivity contribution in [2.24, 2.45) is 28.7 Å². The molecular weight excluding hydrogens is 711 g/mol. The van der Waals surface area contributed by atoms with E-state index in [4.69, 9.17) is 19.5 Å². The first kappa shape index (κ1) is 40.2. The van der Waals surface area contributed by atoms with Gasteiger partial charge >= 0.3 is 12.2 Å². The van der Waals surface area contributed by atoms with Crippen molar-refractivity contribution in [3.63, 3.8) is 0 Å². The number of hydrogen-bond acceptors (Lipinski definition) is 8. The third-order valence-corrected chi connectivity index (χ3v) is 11.5. The van der Waals surface area contributed by atoms with Gasteiger partial charge < -0.3 is 34.9 Å². The second kappa shape index (κ2) is 17.1. The quantitative estimate of drug-likeness (QED) is 0.193. The number of H-pyrrole nitrogens is 1. The Hall–Kier alpha value is -5.46. The lowest BCUT2D eigenvalue weighted by atomic mass is 9.92. The Bertz CT molecular complexity index is 1970. The molecule has 13 nitrogen and oxygen atoms in total. The third kappa shape index (κ3) is 8.36. The van der Waals surface area contributed by atoms with Gasteiger partial charge in [0.25, 0.3) is 0 Å². The zero-order valence-electron chi connectivity index (χ0n) is 33.7. The van der Waals surface area contributed by atoms with Crippen molar-refractivity contribution in [3.05, 3.63) is 72.3 Å². The van der Waals surface area contributed by atoms with Crippen LogP contribution < -0.4 is 10.6 Å². The van der Waals surface area contributed by atoms with E-state index in [0.29, 0.717) is 19.5 Å². The Kier molecular flexibility index (Phi) is 12.3. The van der Waals surface area contributed by atoms with E-state index >= 15 is 0 Å². The number of nitrogens with zero attached hydrogens (tertiary/aromatic N) is 4. The Morgan fingerprint density at radius 2 is 1.18 bits per heavy atom. The van der Waals surface area contributed by atoms with Gasteiger partial charge in [-0.2, -0.15) is 0 Å². The average molecular weight is 766 g/mol. The molecule has 0 aliphatic carbocycles. The molecule has 298 valence electrons. The topological polar surface area (TPSA) is 158 Å². The largest absolute Gasteiger partial charge is 0.453 e. The molecule has 3 aliphatic heterocycles. The number of methoxy groups -OCH3 is 2. The zero-order valence-corrected chi connectivity index (χ0v) is 33.7. The number of imidazole rings is 1. The molecule has 0 saturated carbocycles. The van der Waals surface area contributed by atoms with Crippen LogP contribution in [0.25, 0.3) is 28.0 Å². The van der Waals surface area contributed by atoms with Crippen LogP contribution >= 0.6 is 0 Å². The lowest BCUT2D eigenvalue weighted by Gasteiger charge is -2.32. The van der Waals surface area contributed by atoms with Crippen molar-refractivity contribution in [2.75, 3.05) is 27.3 Å². The van der Waals surface area contributed by atoms with Gasteiger partial charge in [0.1, 0.15) is 17.9 Å². The van der Waals surface area contributed by atoms with E-state index < -0.39 is 24.3 Å². The van der Waals surface area contributed by atoms with Crippen LogP contribution in [-0.4, -0.2) is 94.9 Å². The maximum atomic E-state index is 13.7. The molecule has 1 aromatic heterocycles. The summed E-state index contributed by atoms with van der Waals surface area (Å²) in [5, 5.41) is 5.44. The summed E-state index contributed by atoms with van der Waals surface area (Å²) in [6.07, 6.45) is 4.86. The number of hydrogen-bond donors (Lipinski definition) is 3. The summed E-state index contributed by atoms with van der Waals surface area (Å²) in [5.74, 6) is 0.718. The van der Waals surface area contributed by atoms with Crippen LogP contribution in [-0.2, 0) is 19.1 Å². The van der Waals surface area contributed by atoms with E-state index in [2.05, 4.69) is 78.0 Å². The molecule has 6 rings (SSSR count). The van der Waals surface area contributed by atoms with Crippen molar-refractivity contribution < 1.29 is 28.7 Å². The van der Waals surface area contributed by atoms with E-state index in [1.165, 1.54) is 14.2 Å². The molecule has 3 N–H and O–H groups in total. The van der Waals surface area contributed by atoms with Gasteiger partial charge in [0.2, 0.25) is 11.8 Å². The van der Waals surface area contributed by atoms with Gasteiger partial charge in [0, 0.05) is 31.4 Å². The first-order valence-corrected chi connectivity index (χ1v) is 19.6. The predicted molar refractivity (Wildman–Crippen MR) is 215 cm³/mol. The highest BCUT2D eigenvalue weighted by molar-refractivity contribution is 6.04. The Balaban J connectivity index is 1.10. The number of ether oxygens (including phenoxy) is 2. The van der Waals surface area contributed by atoms with Gasteiger partial charge in [-0.3, -0.25) is 14.6 Å². The van der Waals surface area contributed by atoms with Crippen LogP contribution in [0.15, 0.2) is 65.9 Å². The standard InChI is InChI=1S/C43H55N7O6/c1-24(2)35(47-42(53)55-7)40(51)49-19-17-26(5)37(49)33-21-32(22-44-33)30-11-9-28(10-12-30)29-13-15-31(16-14-29)34-23-45-39(46-34)38-27(6)18-20-50(38)41(52)36(25(3)4)48-43(54)56-8/h9-16,22-27,35-38H,17-21H2,1-8H3,(H,45,46)(H,47,53)(H,48,54)/t26-,27-,35-,36-,37-,38?/m0/s1. The minimum absolute atomic E-state index is 0.0937. The summed E-state index contributed by atoms with van der Waals surface area (Å²) >= 11 is 0. The van der Waals surface area contributed by atoms with Gasteiger partial charge in [-0.15, -0.1) is 0 Å². The fourth-order valence-electron chi connectivity index (χ4n) is 8.23. The number of benzene rings is 2. The summed E-state index contributed by atoms with van der Waals surface area (Å²) in [4.78, 5) is 68.2. The molecule has 0 bridgehead atoms. The van der Waals surface area contributed by atoms with Crippen LogP contribution in [0.5, 0.6) is 0 Å². The Labute approximate surface area is 329 Å². The normalized spacial score (nSPS) is 21.8. The van der Waals surface area contributed by atoms with Crippen molar-refractivity contribution in [2.45, 2.75) is 85.0 Å². The van der Waals surface area contributed by atoms with E-state index in [0.717, 1.165) is 57.9 Å². The number of likely N-dealkylation sites (tertiary alicyclic amines) is 2. The second-order valence-electron chi connectivity index (χ2n) is 16.0. The van der Waals surface area contributed by atoms with E-state index in [9.17, 15) is 19.2 Å². The number of aromatic amines is 1. The summed E-state index contributed by atoms with van der Waals surface area (Å²) < 4.78 is 9.56. The fourth-order valence-corrected chi connectivity index (χ4v) is 8.23. The molecule has 6 atom stereocenters. The number of nitrogens with one attached hydrogen (secondary N) is 3. The fraction of sp³-hybridized carbons (Fsp3) is 0.488. The third-order valence-electron chi connectivity index (χ3n) is 11.5. The molecule has 3 aromatic rings. The number of aromatic nitrogens is 2. The molecule has 2 saturated heterocycles. The zero-order chi connectivity index (χ0) is 40.3. The summed E-state index contributed by atoms with van der Waals surface area (Å²) in [5.41, 5.74) is 7.16. The second-order valence-corrected chi connectivity index (χ2v) is 16.0. The van der Waals surface area contributed by atoms with E-state index in [1.807, 2.05) is 49.9 Å². The number of allylic oxidation sites excluding steroid dienone is 1. The summed E-state index contributed by atoms with van der Waals surface area (Å²) in [7, 11) is 2.59. The molecule has 13 heteroatoms. The first-order chi connectivity index (χ1) is 26.8. The van der Waals surface area contributed by atoms with Gasteiger partial charge in [0.15, 0.2) is 0 Å². The molecule has 0 spiro atoms. The number of carbonyl (C=O) groups excluding carboxylic acids is 4. The molecule has 3 aliphatic rings. The van der Waals surface area contributed by atoms with E-state index in [-0.39, 0.29) is 47.6 Å². The van der Waals surface area contributed by atoms with Gasteiger partial charge in [0.05, 0.1) is 38.2 Å². The average Bonchev–Trinajstić information content (AvgIpc) is 4.02. The highest BCUT2D eigenvalue weighted by Gasteiger charge is 2.43. The maximum absolute atomic E-state index is 13.7. The molecule has 4 amide bonds. The van der Waals surface area contributed by atoms with Crippen molar-refractivity contribution in [1.82, 2.24) is 30.4 Å². The van der Waals surface area contributed by atoms with Crippen molar-refractivity contribution >= 4 is 35.3 Å².